The lowest BCUT2D eigenvalue weighted by Gasteiger charge is -2.01. The van der Waals surface area contributed by atoms with Crippen molar-refractivity contribution in [2.24, 2.45) is 0 Å². The number of benzene rings is 1. The van der Waals surface area contributed by atoms with Gasteiger partial charge in [-0.15, -0.1) is 5.10 Å². The average molecular weight is 268 g/mol. The van der Waals surface area contributed by atoms with E-state index in [-0.39, 0.29) is 11.3 Å². The minimum Gasteiger partial charge on any atom is -0.262 e. The van der Waals surface area contributed by atoms with E-state index >= 15 is 0 Å². The van der Waals surface area contributed by atoms with Crippen molar-refractivity contribution in [3.8, 4) is 0 Å². The maximum absolute atomic E-state index is 13.7. The van der Waals surface area contributed by atoms with E-state index in [1.165, 1.54) is 23.9 Å². The van der Waals surface area contributed by atoms with Crippen LogP contribution in [0.15, 0.2) is 23.4 Å². The van der Waals surface area contributed by atoms with Crippen LogP contribution < -0.4 is 0 Å². The Morgan fingerprint density at radius 2 is 2.33 bits per heavy atom. The number of aryl methyl sites for hydroxylation is 1. The molecule has 0 aliphatic heterocycles. The summed E-state index contributed by atoms with van der Waals surface area (Å²) >= 11 is 1.21. The van der Waals surface area contributed by atoms with Gasteiger partial charge < -0.3 is 0 Å². The second-order valence-corrected chi connectivity index (χ2v) is 4.44. The van der Waals surface area contributed by atoms with Gasteiger partial charge in [0, 0.05) is 17.4 Å². The van der Waals surface area contributed by atoms with Gasteiger partial charge >= 0.3 is 5.69 Å². The molecule has 0 amide bonds. The van der Waals surface area contributed by atoms with Crippen LogP contribution in [0.4, 0.5) is 10.1 Å². The SMILES string of the molecule is Cc1nc(SCc2cccc([N+](=O)[O-])c2F)n[nH]1. The van der Waals surface area contributed by atoms with Crippen molar-refractivity contribution in [2.45, 2.75) is 17.8 Å². The van der Waals surface area contributed by atoms with Crippen LogP contribution in [-0.4, -0.2) is 20.1 Å². The highest BCUT2D eigenvalue weighted by Crippen LogP contribution is 2.25. The van der Waals surface area contributed by atoms with E-state index in [1.54, 1.807) is 6.92 Å². The number of aromatic nitrogens is 3. The summed E-state index contributed by atoms with van der Waals surface area (Å²) in [5.74, 6) is 0.101. The van der Waals surface area contributed by atoms with Crippen LogP contribution >= 0.6 is 11.8 Å². The first-order valence-electron chi connectivity index (χ1n) is 5.01. The second kappa shape index (κ2) is 5.13. The van der Waals surface area contributed by atoms with Crippen molar-refractivity contribution in [3.05, 3.63) is 45.5 Å². The summed E-state index contributed by atoms with van der Waals surface area (Å²) in [5.41, 5.74) is -0.254. The highest BCUT2D eigenvalue weighted by molar-refractivity contribution is 7.98. The average Bonchev–Trinajstić information content (AvgIpc) is 2.73. The molecule has 2 rings (SSSR count). The zero-order valence-electron chi connectivity index (χ0n) is 9.38. The lowest BCUT2D eigenvalue weighted by molar-refractivity contribution is -0.387. The molecule has 0 bridgehead atoms. The Balaban J connectivity index is 2.14. The van der Waals surface area contributed by atoms with Crippen LogP contribution in [0.1, 0.15) is 11.4 Å². The lowest BCUT2D eigenvalue weighted by atomic mass is 10.2. The summed E-state index contributed by atoms with van der Waals surface area (Å²) in [6.45, 7) is 1.75. The fraction of sp³-hybridized carbons (Fsp3) is 0.200. The number of nitro benzene ring substituents is 1. The Hall–Kier alpha value is -1.96. The molecule has 0 unspecified atom stereocenters. The molecule has 0 saturated carbocycles. The minimum absolute atomic E-state index is 0.241. The number of hydrogen-bond acceptors (Lipinski definition) is 5. The second-order valence-electron chi connectivity index (χ2n) is 3.50. The summed E-state index contributed by atoms with van der Waals surface area (Å²) in [6.07, 6.45) is 0. The smallest absolute Gasteiger partial charge is 0.262 e. The molecular formula is C10H9FN4O2S. The van der Waals surface area contributed by atoms with E-state index in [1.807, 2.05) is 0 Å². The number of halogens is 1. The van der Waals surface area contributed by atoms with Crippen molar-refractivity contribution in [1.82, 2.24) is 15.2 Å². The Bertz CT molecular complexity index is 587. The third-order valence-electron chi connectivity index (χ3n) is 2.19. The van der Waals surface area contributed by atoms with Crippen LogP contribution in [-0.2, 0) is 5.75 Å². The normalized spacial score (nSPS) is 10.6. The van der Waals surface area contributed by atoms with E-state index in [2.05, 4.69) is 15.2 Å². The van der Waals surface area contributed by atoms with E-state index in [9.17, 15) is 14.5 Å². The minimum atomic E-state index is -0.803. The highest BCUT2D eigenvalue weighted by atomic mass is 32.2. The Labute approximate surface area is 106 Å². The van der Waals surface area contributed by atoms with Crippen molar-refractivity contribution in [2.75, 3.05) is 0 Å². The van der Waals surface area contributed by atoms with Crippen molar-refractivity contribution >= 4 is 17.4 Å². The van der Waals surface area contributed by atoms with Gasteiger partial charge in [0.15, 0.2) is 0 Å². The Kier molecular flexibility index (Phi) is 3.56. The largest absolute Gasteiger partial charge is 0.305 e. The lowest BCUT2D eigenvalue weighted by Crippen LogP contribution is -1.96. The maximum atomic E-state index is 13.7. The molecule has 1 aromatic heterocycles. The number of thioether (sulfide) groups is 1. The van der Waals surface area contributed by atoms with Crippen LogP contribution in [0.3, 0.4) is 0 Å². The molecule has 0 atom stereocenters. The fourth-order valence-corrected chi connectivity index (χ4v) is 2.17. The highest BCUT2D eigenvalue weighted by Gasteiger charge is 2.17. The van der Waals surface area contributed by atoms with Gasteiger partial charge in [0.05, 0.1) is 4.92 Å². The van der Waals surface area contributed by atoms with Crippen LogP contribution in [0, 0.1) is 22.9 Å². The van der Waals surface area contributed by atoms with Crippen molar-refractivity contribution in [3.63, 3.8) is 0 Å². The van der Waals surface area contributed by atoms with Gasteiger partial charge in [-0.2, -0.15) is 4.39 Å². The predicted octanol–water partition coefficient (Wildman–Crippen LogP) is 2.45. The topological polar surface area (TPSA) is 84.7 Å². The molecule has 1 heterocycles. The Morgan fingerprint density at radius 1 is 1.56 bits per heavy atom. The molecule has 1 N–H and O–H groups in total. The zero-order valence-corrected chi connectivity index (χ0v) is 10.2. The standard InChI is InChI=1S/C10H9FN4O2S/c1-6-12-10(14-13-6)18-5-7-3-2-4-8(9(7)11)15(16)17/h2-4H,5H2,1H3,(H,12,13,14). The molecule has 0 fully saturated rings. The molecule has 0 aliphatic carbocycles. The van der Waals surface area contributed by atoms with Gasteiger partial charge in [-0.3, -0.25) is 15.2 Å². The number of aromatic amines is 1. The number of nitrogens with zero attached hydrogens (tertiary/aromatic N) is 3. The molecule has 2 aromatic rings. The van der Waals surface area contributed by atoms with Gasteiger partial charge in [0.2, 0.25) is 11.0 Å². The molecule has 6 nitrogen and oxygen atoms in total. The molecule has 0 saturated heterocycles. The first-order chi connectivity index (χ1) is 8.58. The third kappa shape index (κ3) is 2.65. The van der Waals surface area contributed by atoms with Crippen molar-refractivity contribution in [1.29, 1.82) is 0 Å². The third-order valence-corrected chi connectivity index (χ3v) is 3.08. The molecule has 94 valence electrons. The maximum Gasteiger partial charge on any atom is 0.305 e. The van der Waals surface area contributed by atoms with E-state index in [0.29, 0.717) is 11.0 Å². The number of nitrogens with one attached hydrogen (secondary N) is 1. The summed E-state index contributed by atoms with van der Waals surface area (Å²) < 4.78 is 13.7. The molecule has 18 heavy (non-hydrogen) atoms. The van der Waals surface area contributed by atoms with E-state index in [4.69, 9.17) is 0 Å². The molecule has 1 aromatic carbocycles. The number of nitro groups is 1. The number of H-pyrrole nitrogens is 1. The van der Waals surface area contributed by atoms with Gasteiger partial charge in [-0.1, -0.05) is 23.9 Å². The summed E-state index contributed by atoms with van der Waals surface area (Å²) in [4.78, 5) is 13.9. The van der Waals surface area contributed by atoms with Crippen LogP contribution in [0.2, 0.25) is 0 Å². The Morgan fingerprint density at radius 3 is 2.94 bits per heavy atom. The number of hydrogen-bond donors (Lipinski definition) is 1. The number of rotatable bonds is 4. The summed E-state index contributed by atoms with van der Waals surface area (Å²) in [5, 5.41) is 17.6. The van der Waals surface area contributed by atoms with E-state index < -0.39 is 16.4 Å². The van der Waals surface area contributed by atoms with Crippen LogP contribution in [0.5, 0.6) is 0 Å². The van der Waals surface area contributed by atoms with Gasteiger partial charge in [0.25, 0.3) is 0 Å². The molecular weight excluding hydrogens is 259 g/mol. The summed E-state index contributed by atoms with van der Waals surface area (Å²) in [7, 11) is 0. The first kappa shape index (κ1) is 12.5. The van der Waals surface area contributed by atoms with Crippen LogP contribution in [0.25, 0.3) is 0 Å². The van der Waals surface area contributed by atoms with Gasteiger partial charge in [0.1, 0.15) is 5.82 Å². The zero-order chi connectivity index (χ0) is 13.1. The predicted molar refractivity (Wildman–Crippen MR) is 63.7 cm³/mol. The van der Waals surface area contributed by atoms with Crippen molar-refractivity contribution < 1.29 is 9.31 Å². The molecule has 0 spiro atoms. The van der Waals surface area contributed by atoms with Gasteiger partial charge in [-0.25, -0.2) is 4.98 Å². The first-order valence-corrected chi connectivity index (χ1v) is 6.00. The summed E-state index contributed by atoms with van der Waals surface area (Å²) in [6, 6.07) is 4.11. The fourth-order valence-electron chi connectivity index (χ4n) is 1.35. The molecule has 0 aliphatic rings. The molecule has 8 heteroatoms. The quantitative estimate of drug-likeness (QED) is 0.523. The van der Waals surface area contributed by atoms with Gasteiger partial charge in [-0.05, 0) is 6.92 Å². The van der Waals surface area contributed by atoms with E-state index in [0.717, 1.165) is 6.07 Å². The molecule has 0 radical (unpaired) electrons. The monoisotopic (exact) mass is 268 g/mol.